The van der Waals surface area contributed by atoms with Gasteiger partial charge in [0, 0.05) is 46.2 Å². The average Bonchev–Trinajstić information content (AvgIpc) is 3.77. The van der Waals surface area contributed by atoms with Gasteiger partial charge in [0.2, 0.25) is 5.91 Å². The summed E-state index contributed by atoms with van der Waals surface area (Å²) in [4.78, 5) is 58.7. The molecule has 9 rings (SSSR count). The number of hydrogen-bond donors (Lipinski definition) is 2. The first-order chi connectivity index (χ1) is 28.8. The minimum Gasteiger partial charge on any atom is -0.458 e. The molecule has 0 fully saturated rings. The zero-order valence-corrected chi connectivity index (χ0v) is 33.9. The minimum absolute atomic E-state index is 0.0186. The summed E-state index contributed by atoms with van der Waals surface area (Å²) in [5, 5.41) is 14.9. The molecule has 0 spiro atoms. The number of amides is 2. The summed E-state index contributed by atoms with van der Waals surface area (Å²) >= 11 is 0. The van der Waals surface area contributed by atoms with Gasteiger partial charge in [-0.1, -0.05) is 62.4 Å². The molecule has 2 N–H and O–H groups in total. The molecule has 2 aromatic heterocycles. The van der Waals surface area contributed by atoms with Crippen LogP contribution in [0.1, 0.15) is 77.3 Å². The van der Waals surface area contributed by atoms with Crippen molar-refractivity contribution in [1.29, 1.82) is 0 Å². The van der Waals surface area contributed by atoms with Gasteiger partial charge in [0.25, 0.3) is 5.56 Å². The number of nitrogens with zero attached hydrogens (tertiary/aromatic N) is 3. The van der Waals surface area contributed by atoms with E-state index in [9.17, 15) is 24.3 Å². The van der Waals surface area contributed by atoms with E-state index in [1.807, 2.05) is 48.5 Å². The highest BCUT2D eigenvalue weighted by atomic mass is 19.1. The molecule has 0 saturated heterocycles. The summed E-state index contributed by atoms with van der Waals surface area (Å²) in [5.74, 6) is -1.59. The van der Waals surface area contributed by atoms with Crippen molar-refractivity contribution in [2.45, 2.75) is 70.3 Å². The Kier molecular flexibility index (Phi) is 9.84. The van der Waals surface area contributed by atoms with Gasteiger partial charge in [0.05, 0.1) is 48.8 Å². The zero-order chi connectivity index (χ0) is 42.1. The summed E-state index contributed by atoms with van der Waals surface area (Å²) in [6.07, 6.45) is 0.0632. The Labute approximate surface area is 345 Å². The van der Waals surface area contributed by atoms with Gasteiger partial charge < -0.3 is 38.8 Å². The molecular formula is C46H45FN4O9. The third-order valence-corrected chi connectivity index (χ3v) is 12.7. The van der Waals surface area contributed by atoms with Gasteiger partial charge in [-0.05, 0) is 60.1 Å². The fourth-order valence-electron chi connectivity index (χ4n) is 9.42. The van der Waals surface area contributed by atoms with Crippen molar-refractivity contribution in [1.82, 2.24) is 19.8 Å². The van der Waals surface area contributed by atoms with E-state index in [1.165, 1.54) is 18.0 Å². The van der Waals surface area contributed by atoms with Crippen LogP contribution in [0.4, 0.5) is 9.18 Å². The number of nitrogens with one attached hydrogen (secondary N) is 1. The lowest BCUT2D eigenvalue weighted by Crippen LogP contribution is -2.44. The number of aromatic nitrogens is 2. The van der Waals surface area contributed by atoms with Gasteiger partial charge in [-0.2, -0.15) is 0 Å². The Morgan fingerprint density at radius 2 is 1.73 bits per heavy atom. The number of carbonyl (C=O) groups is 3. The summed E-state index contributed by atoms with van der Waals surface area (Å²) < 4.78 is 40.0. The number of halogens is 1. The molecule has 0 unspecified atom stereocenters. The van der Waals surface area contributed by atoms with E-state index in [1.54, 1.807) is 24.5 Å². The normalized spacial score (nSPS) is 19.5. The average molecular weight is 817 g/mol. The molecule has 2 amide bonds. The van der Waals surface area contributed by atoms with Crippen LogP contribution in [0.5, 0.6) is 0 Å². The van der Waals surface area contributed by atoms with E-state index in [0.29, 0.717) is 35.3 Å². The van der Waals surface area contributed by atoms with Crippen molar-refractivity contribution in [2.75, 3.05) is 40.1 Å². The highest BCUT2D eigenvalue weighted by Crippen LogP contribution is 2.49. The Morgan fingerprint density at radius 3 is 2.45 bits per heavy atom. The third-order valence-electron chi connectivity index (χ3n) is 12.7. The molecule has 2 aliphatic carbocycles. The number of rotatable bonds is 11. The van der Waals surface area contributed by atoms with Gasteiger partial charge in [0.1, 0.15) is 25.7 Å². The number of carbonyl (C=O) groups excluding carboxylic acids is 3. The van der Waals surface area contributed by atoms with Crippen LogP contribution in [0.25, 0.3) is 33.4 Å². The monoisotopic (exact) mass is 816 g/mol. The number of pyridine rings is 2. The van der Waals surface area contributed by atoms with Crippen LogP contribution in [0.3, 0.4) is 0 Å². The number of fused-ring (bicyclic) bond motifs is 8. The molecule has 14 heteroatoms. The lowest BCUT2D eigenvalue weighted by Gasteiger charge is -2.37. The number of benzene rings is 3. The number of hydrogen-bond acceptors (Lipinski definition) is 10. The summed E-state index contributed by atoms with van der Waals surface area (Å²) in [6, 6.07) is 18.7. The van der Waals surface area contributed by atoms with Crippen molar-refractivity contribution >= 4 is 28.9 Å². The first kappa shape index (κ1) is 39.5. The predicted octanol–water partition coefficient (Wildman–Crippen LogP) is 5.68. The molecule has 5 aromatic rings. The zero-order valence-electron chi connectivity index (χ0n) is 33.9. The molecule has 0 radical (unpaired) electrons. The fourth-order valence-corrected chi connectivity index (χ4v) is 9.42. The second-order valence-corrected chi connectivity index (χ2v) is 16.3. The highest BCUT2D eigenvalue weighted by Gasteiger charge is 2.47. The Bertz CT molecular complexity index is 2650. The SMILES string of the molecule is CC[C@@]1(O)C(=O)OCc2c1cc1n(c2=O)Cc2c-1nc1cc(F)c(C)c3c1c2[C@](C)(COCCOCNC(=O)CN(C)C(=O)OC1c2ccccc2-c2ccccc21)CC3. The number of aliphatic hydroxyl groups is 1. The number of cyclic esters (lactones) is 1. The van der Waals surface area contributed by atoms with Crippen LogP contribution >= 0.6 is 0 Å². The molecule has 60 heavy (non-hydrogen) atoms. The Balaban J connectivity index is 0.843. The van der Waals surface area contributed by atoms with Crippen molar-refractivity contribution in [3.63, 3.8) is 0 Å². The van der Waals surface area contributed by atoms with E-state index >= 15 is 4.39 Å². The smallest absolute Gasteiger partial charge is 0.410 e. The fraction of sp³-hybridized carbons (Fsp3) is 0.370. The molecule has 3 aromatic carbocycles. The second-order valence-electron chi connectivity index (χ2n) is 16.3. The van der Waals surface area contributed by atoms with E-state index in [2.05, 4.69) is 12.2 Å². The Hall–Kier alpha value is -5.96. The molecule has 0 bridgehead atoms. The Morgan fingerprint density at radius 1 is 1.03 bits per heavy atom. The molecule has 0 saturated carbocycles. The standard InChI is InChI=1S/C46H45FN4O9/c1-5-46(56)33-18-36-40-31(20-51(36)42(53)32(33)22-59-43(46)54)39-38-26(25(2)34(47)19-35(38)49-40)14-15-45(39,3)23-57-16-17-58-24-48-37(52)21-50(4)44(55)60-41-29-12-8-6-10-27(29)28-11-7-9-13-30(28)41/h6-13,18-19,41,56H,5,14-17,20-24H2,1-4H3,(H,48,52)/t45-,46-/m0/s1. The van der Waals surface area contributed by atoms with Crippen LogP contribution in [0, 0.1) is 12.7 Å². The summed E-state index contributed by atoms with van der Waals surface area (Å²) in [5.41, 5.74) is 5.97. The largest absolute Gasteiger partial charge is 0.458 e. The topological polar surface area (TPSA) is 159 Å². The number of esters is 1. The van der Waals surface area contributed by atoms with Crippen LogP contribution in [0.2, 0.25) is 0 Å². The molecule has 4 aliphatic rings. The van der Waals surface area contributed by atoms with E-state index < -0.39 is 35.1 Å². The van der Waals surface area contributed by atoms with Crippen LogP contribution in [0.15, 0.2) is 65.5 Å². The van der Waals surface area contributed by atoms with Gasteiger partial charge in [-0.3, -0.25) is 9.59 Å². The lowest BCUT2D eigenvalue weighted by molar-refractivity contribution is -0.172. The van der Waals surface area contributed by atoms with Crippen molar-refractivity contribution < 1.29 is 42.8 Å². The maximum absolute atomic E-state index is 15.4. The first-order valence-corrected chi connectivity index (χ1v) is 20.2. The third kappa shape index (κ3) is 6.27. The number of ether oxygens (including phenoxy) is 4. The maximum atomic E-state index is 15.4. The van der Waals surface area contributed by atoms with E-state index in [-0.39, 0.29) is 75.2 Å². The molecule has 2 aliphatic heterocycles. The van der Waals surface area contributed by atoms with Crippen LogP contribution in [-0.2, 0) is 59.1 Å². The number of likely N-dealkylation sites (N-methyl/N-ethyl adjacent to an activating group) is 1. The van der Waals surface area contributed by atoms with Gasteiger partial charge >= 0.3 is 12.1 Å². The van der Waals surface area contributed by atoms with Crippen molar-refractivity contribution in [2.24, 2.45) is 0 Å². The molecule has 310 valence electrons. The van der Waals surface area contributed by atoms with Crippen LogP contribution in [-0.4, -0.2) is 77.7 Å². The molecule has 13 nitrogen and oxygen atoms in total. The van der Waals surface area contributed by atoms with Gasteiger partial charge in [-0.25, -0.2) is 19.0 Å². The van der Waals surface area contributed by atoms with Crippen molar-refractivity contribution in [3.8, 4) is 22.5 Å². The van der Waals surface area contributed by atoms with E-state index in [4.69, 9.17) is 23.9 Å². The van der Waals surface area contributed by atoms with E-state index in [0.717, 1.165) is 44.3 Å². The summed E-state index contributed by atoms with van der Waals surface area (Å²) in [7, 11) is 1.50. The quantitative estimate of drug-likeness (QED) is 0.0948. The molecule has 4 heterocycles. The maximum Gasteiger partial charge on any atom is 0.410 e. The van der Waals surface area contributed by atoms with Crippen molar-refractivity contribution in [3.05, 3.63) is 121 Å². The predicted molar refractivity (Wildman–Crippen MR) is 218 cm³/mol. The molecule has 2 atom stereocenters. The van der Waals surface area contributed by atoms with Gasteiger partial charge in [0.15, 0.2) is 11.7 Å². The molecular weight excluding hydrogens is 772 g/mol. The first-order valence-electron chi connectivity index (χ1n) is 20.2. The van der Waals surface area contributed by atoms with Crippen LogP contribution < -0.4 is 10.9 Å². The summed E-state index contributed by atoms with van der Waals surface area (Å²) in [6.45, 7) is 5.83. The second kappa shape index (κ2) is 14.9. The minimum atomic E-state index is -1.97. The lowest BCUT2D eigenvalue weighted by atomic mass is 9.69. The number of aryl methyl sites for hydroxylation is 1. The van der Waals surface area contributed by atoms with Gasteiger partial charge in [-0.15, -0.1) is 0 Å². The highest BCUT2D eigenvalue weighted by molar-refractivity contribution is 5.94.